The lowest BCUT2D eigenvalue weighted by Gasteiger charge is -1.86. The number of halogens is 2. The lowest BCUT2D eigenvalue weighted by Crippen LogP contribution is -1.81. The Labute approximate surface area is 81.6 Å². The Balaban J connectivity index is 2.95. The van der Waals surface area contributed by atoms with Crippen LogP contribution in [0.3, 0.4) is 0 Å². The third-order valence-electron chi connectivity index (χ3n) is 1.40. The van der Waals surface area contributed by atoms with Crippen molar-refractivity contribution in [1.82, 2.24) is 14.3 Å². The van der Waals surface area contributed by atoms with Crippen LogP contribution in [0.4, 0.5) is 0 Å². The summed E-state index contributed by atoms with van der Waals surface area (Å²) in [5.41, 5.74) is 0.846. The predicted molar refractivity (Wildman–Crippen MR) is 51.5 cm³/mol. The summed E-state index contributed by atoms with van der Waals surface area (Å²) in [6.45, 7) is 0. The van der Waals surface area contributed by atoms with Crippen molar-refractivity contribution in [3.8, 4) is 0 Å². The van der Waals surface area contributed by atoms with Crippen LogP contribution in [0.1, 0.15) is 0 Å². The zero-order valence-corrected chi connectivity index (χ0v) is 8.24. The summed E-state index contributed by atoms with van der Waals surface area (Å²) in [4.78, 5) is 3.94. The van der Waals surface area contributed by atoms with Gasteiger partial charge in [-0.05, 0) is 28.7 Å². The molecule has 0 saturated heterocycles. The molecular weight excluding hydrogens is 276 g/mol. The quantitative estimate of drug-likeness (QED) is 0.691. The van der Waals surface area contributed by atoms with Crippen LogP contribution < -0.4 is 0 Å². The molecule has 0 aliphatic carbocycles. The van der Waals surface area contributed by atoms with Crippen LogP contribution in [0.2, 0.25) is 0 Å². The maximum absolute atomic E-state index is 5.74. The Kier molecular flexibility index (Phi) is 1.72. The highest BCUT2D eigenvalue weighted by Gasteiger charge is 2.04. The number of aromatic nitrogens is 3. The molecule has 0 unspecified atom stereocenters. The topological polar surface area (TPSA) is 30.7 Å². The average molecular weight is 279 g/mol. The normalized spacial score (nSPS) is 10.7. The Morgan fingerprint density at radius 3 is 3.09 bits per heavy atom. The lowest BCUT2D eigenvalue weighted by molar-refractivity contribution is 1.00. The SMILES string of the molecule is Cln1nc(I)c2ccncc21. The number of hydrogen-bond donors (Lipinski definition) is 0. The van der Waals surface area contributed by atoms with E-state index in [2.05, 4.69) is 32.7 Å². The molecule has 0 amide bonds. The molecule has 0 aliphatic rings. The van der Waals surface area contributed by atoms with Gasteiger partial charge in [-0.3, -0.25) is 4.98 Å². The van der Waals surface area contributed by atoms with Crippen LogP contribution in [0.25, 0.3) is 10.9 Å². The van der Waals surface area contributed by atoms with Gasteiger partial charge in [0, 0.05) is 23.4 Å². The molecule has 3 nitrogen and oxygen atoms in total. The summed E-state index contributed by atoms with van der Waals surface area (Å²) in [6, 6.07) is 1.89. The Morgan fingerprint density at radius 1 is 1.55 bits per heavy atom. The second-order valence-corrected chi connectivity index (χ2v) is 3.39. The minimum absolute atomic E-state index is 0.846. The highest BCUT2D eigenvalue weighted by molar-refractivity contribution is 14.1. The van der Waals surface area contributed by atoms with E-state index in [4.69, 9.17) is 11.8 Å². The zero-order valence-electron chi connectivity index (χ0n) is 5.33. The number of pyridine rings is 1. The highest BCUT2D eigenvalue weighted by atomic mass is 127. The monoisotopic (exact) mass is 279 g/mol. The van der Waals surface area contributed by atoms with Gasteiger partial charge in [0.1, 0.15) is 9.22 Å². The summed E-state index contributed by atoms with van der Waals surface area (Å²) in [5, 5.41) is 5.06. The molecule has 0 bridgehead atoms. The standard InChI is InChI=1S/C6H3ClIN3/c7-11-5-3-9-2-1-4(5)6(8)10-11/h1-3H. The fraction of sp³-hybridized carbons (Fsp3) is 0. The van der Waals surface area contributed by atoms with Gasteiger partial charge in [0.25, 0.3) is 0 Å². The Morgan fingerprint density at radius 2 is 2.36 bits per heavy atom. The second-order valence-electron chi connectivity index (χ2n) is 2.04. The third kappa shape index (κ3) is 1.10. The van der Waals surface area contributed by atoms with E-state index in [1.165, 1.54) is 4.20 Å². The molecule has 0 fully saturated rings. The molecule has 56 valence electrons. The van der Waals surface area contributed by atoms with Crippen molar-refractivity contribution >= 4 is 45.3 Å². The number of fused-ring (bicyclic) bond motifs is 1. The summed E-state index contributed by atoms with van der Waals surface area (Å²) in [6.07, 6.45) is 3.42. The Bertz CT molecular complexity index is 362. The van der Waals surface area contributed by atoms with Crippen LogP contribution >= 0.6 is 34.4 Å². The molecule has 0 aliphatic heterocycles. The first-order chi connectivity index (χ1) is 5.29. The van der Waals surface area contributed by atoms with Crippen molar-refractivity contribution in [3.63, 3.8) is 0 Å². The van der Waals surface area contributed by atoms with Gasteiger partial charge in [-0.15, -0.1) is 5.10 Å². The van der Waals surface area contributed by atoms with Gasteiger partial charge in [0.05, 0.1) is 6.20 Å². The Hall–Kier alpha value is -0.360. The van der Waals surface area contributed by atoms with Crippen molar-refractivity contribution in [2.75, 3.05) is 0 Å². The number of nitrogens with zero attached hydrogens (tertiary/aromatic N) is 3. The molecule has 5 heteroatoms. The van der Waals surface area contributed by atoms with Gasteiger partial charge in [0.15, 0.2) is 0 Å². The largest absolute Gasteiger partial charge is 0.262 e. The molecule has 0 aromatic carbocycles. The fourth-order valence-corrected chi connectivity index (χ4v) is 1.90. The summed E-state index contributed by atoms with van der Waals surface area (Å²) < 4.78 is 2.21. The van der Waals surface area contributed by atoms with E-state index in [-0.39, 0.29) is 0 Å². The molecule has 0 spiro atoms. The number of rotatable bonds is 0. The van der Waals surface area contributed by atoms with Crippen molar-refractivity contribution in [2.24, 2.45) is 0 Å². The highest BCUT2D eigenvalue weighted by Crippen LogP contribution is 2.18. The molecule has 0 radical (unpaired) electrons. The van der Waals surface area contributed by atoms with Gasteiger partial charge in [-0.1, -0.05) is 0 Å². The van der Waals surface area contributed by atoms with Gasteiger partial charge in [-0.2, -0.15) is 4.20 Å². The first-order valence-corrected chi connectivity index (χ1v) is 4.35. The summed E-state index contributed by atoms with van der Waals surface area (Å²) in [7, 11) is 0. The predicted octanol–water partition coefficient (Wildman–Crippen LogP) is 2.04. The molecule has 2 heterocycles. The van der Waals surface area contributed by atoms with Gasteiger partial charge in [0.2, 0.25) is 0 Å². The van der Waals surface area contributed by atoms with Crippen LogP contribution in [0.15, 0.2) is 18.5 Å². The smallest absolute Gasteiger partial charge is 0.132 e. The maximum Gasteiger partial charge on any atom is 0.132 e. The van der Waals surface area contributed by atoms with E-state index >= 15 is 0 Å². The molecule has 0 N–H and O–H groups in total. The maximum atomic E-state index is 5.74. The minimum atomic E-state index is 0.846. The van der Waals surface area contributed by atoms with Crippen LogP contribution in [-0.4, -0.2) is 14.3 Å². The van der Waals surface area contributed by atoms with Crippen molar-refractivity contribution in [2.45, 2.75) is 0 Å². The minimum Gasteiger partial charge on any atom is -0.262 e. The average Bonchev–Trinajstić information content (AvgIpc) is 2.30. The molecule has 2 rings (SSSR count). The second kappa shape index (κ2) is 2.60. The van der Waals surface area contributed by atoms with E-state index in [1.54, 1.807) is 12.4 Å². The van der Waals surface area contributed by atoms with Crippen molar-refractivity contribution in [3.05, 3.63) is 22.2 Å². The third-order valence-corrected chi connectivity index (χ3v) is 2.45. The van der Waals surface area contributed by atoms with Crippen molar-refractivity contribution < 1.29 is 0 Å². The van der Waals surface area contributed by atoms with Gasteiger partial charge >= 0.3 is 0 Å². The van der Waals surface area contributed by atoms with Gasteiger partial charge < -0.3 is 0 Å². The molecule has 0 atom stereocenters. The van der Waals surface area contributed by atoms with E-state index in [0.29, 0.717) is 0 Å². The molecule has 11 heavy (non-hydrogen) atoms. The lowest BCUT2D eigenvalue weighted by atomic mass is 10.3. The molecule has 2 aromatic heterocycles. The number of hydrogen-bond acceptors (Lipinski definition) is 2. The van der Waals surface area contributed by atoms with Crippen LogP contribution in [0.5, 0.6) is 0 Å². The van der Waals surface area contributed by atoms with E-state index in [0.717, 1.165) is 14.6 Å². The molecular formula is C6H3ClIN3. The first-order valence-electron chi connectivity index (χ1n) is 2.93. The summed E-state index contributed by atoms with van der Waals surface area (Å²) >= 11 is 7.87. The molecule has 0 saturated carbocycles. The van der Waals surface area contributed by atoms with E-state index in [1.807, 2.05) is 6.07 Å². The van der Waals surface area contributed by atoms with E-state index in [9.17, 15) is 0 Å². The van der Waals surface area contributed by atoms with Crippen LogP contribution in [0, 0.1) is 3.70 Å². The van der Waals surface area contributed by atoms with Crippen molar-refractivity contribution in [1.29, 1.82) is 0 Å². The summed E-state index contributed by atoms with van der Waals surface area (Å²) in [5.74, 6) is 0. The zero-order chi connectivity index (χ0) is 7.84. The fourth-order valence-electron chi connectivity index (χ4n) is 0.892. The van der Waals surface area contributed by atoms with E-state index < -0.39 is 0 Å². The molecule has 2 aromatic rings. The first kappa shape index (κ1) is 7.30. The van der Waals surface area contributed by atoms with Gasteiger partial charge in [-0.25, -0.2) is 0 Å². The van der Waals surface area contributed by atoms with Crippen LogP contribution in [-0.2, 0) is 0 Å².